The second-order valence-corrected chi connectivity index (χ2v) is 4.73. The second kappa shape index (κ2) is 7.20. The summed E-state index contributed by atoms with van der Waals surface area (Å²) in [6.07, 6.45) is 2.70. The Bertz CT molecular complexity index is 296. The van der Waals surface area contributed by atoms with Gasteiger partial charge in [0, 0.05) is 13.1 Å². The van der Waals surface area contributed by atoms with Gasteiger partial charge in [-0.1, -0.05) is 13.3 Å². The number of carboxylic acid groups (broad SMARTS) is 1. The summed E-state index contributed by atoms with van der Waals surface area (Å²) < 4.78 is 0. The lowest BCUT2D eigenvalue weighted by molar-refractivity contribution is -0.146. The Balaban J connectivity index is 2.35. The molecule has 1 aliphatic rings. The first-order chi connectivity index (χ1) is 8.54. The molecule has 0 radical (unpaired) electrons. The van der Waals surface area contributed by atoms with Gasteiger partial charge in [-0.25, -0.2) is 9.59 Å². The van der Waals surface area contributed by atoms with Gasteiger partial charge in [0.15, 0.2) is 6.10 Å². The van der Waals surface area contributed by atoms with Crippen molar-refractivity contribution in [2.75, 3.05) is 19.6 Å². The number of nitrogens with zero attached hydrogens (tertiary/aromatic N) is 1. The van der Waals surface area contributed by atoms with Gasteiger partial charge in [0.05, 0.1) is 6.54 Å². The van der Waals surface area contributed by atoms with Gasteiger partial charge in [-0.05, 0) is 25.2 Å². The summed E-state index contributed by atoms with van der Waals surface area (Å²) in [6, 6.07) is -0.285. The molecule has 104 valence electrons. The molecule has 1 aliphatic heterocycles. The van der Waals surface area contributed by atoms with Gasteiger partial charge >= 0.3 is 12.0 Å². The highest BCUT2D eigenvalue weighted by Gasteiger charge is 2.21. The highest BCUT2D eigenvalue weighted by Crippen LogP contribution is 2.20. The maximum Gasteiger partial charge on any atom is 0.334 e. The summed E-state index contributed by atoms with van der Waals surface area (Å²) >= 11 is 0. The van der Waals surface area contributed by atoms with Gasteiger partial charge in [-0.15, -0.1) is 0 Å². The fraction of sp³-hybridized carbons (Fsp3) is 0.833. The lowest BCUT2D eigenvalue weighted by Gasteiger charge is -2.21. The molecule has 1 saturated heterocycles. The second-order valence-electron chi connectivity index (χ2n) is 4.73. The van der Waals surface area contributed by atoms with Gasteiger partial charge < -0.3 is 20.4 Å². The number of urea groups is 1. The van der Waals surface area contributed by atoms with Crippen LogP contribution < -0.4 is 5.32 Å². The third-order valence-corrected chi connectivity index (χ3v) is 3.44. The summed E-state index contributed by atoms with van der Waals surface area (Å²) in [6.45, 7) is 3.31. The zero-order chi connectivity index (χ0) is 13.5. The van der Waals surface area contributed by atoms with E-state index < -0.39 is 12.1 Å². The molecule has 2 amide bonds. The van der Waals surface area contributed by atoms with Crippen LogP contribution in [0.2, 0.25) is 0 Å². The molecule has 0 bridgehead atoms. The molecule has 3 N–H and O–H groups in total. The highest BCUT2D eigenvalue weighted by molar-refractivity contribution is 5.76. The fourth-order valence-electron chi connectivity index (χ4n) is 2.16. The van der Waals surface area contributed by atoms with E-state index in [1.54, 1.807) is 4.90 Å². The number of rotatable bonds is 4. The van der Waals surface area contributed by atoms with E-state index in [1.807, 2.05) is 0 Å². The Kier molecular flexibility index (Phi) is 5.91. The predicted molar refractivity (Wildman–Crippen MR) is 66.2 cm³/mol. The third kappa shape index (κ3) is 4.52. The molecule has 0 spiro atoms. The van der Waals surface area contributed by atoms with Gasteiger partial charge in [-0.2, -0.15) is 0 Å². The first-order valence-corrected chi connectivity index (χ1v) is 6.48. The summed E-state index contributed by atoms with van der Waals surface area (Å²) in [5, 5.41) is 20.0. The van der Waals surface area contributed by atoms with Crippen LogP contribution in [0.15, 0.2) is 0 Å². The topological polar surface area (TPSA) is 89.9 Å². The van der Waals surface area contributed by atoms with Crippen molar-refractivity contribution in [3.05, 3.63) is 0 Å². The molecular weight excluding hydrogens is 236 g/mol. The first-order valence-electron chi connectivity index (χ1n) is 6.48. The van der Waals surface area contributed by atoms with Crippen molar-refractivity contribution in [2.45, 2.75) is 38.7 Å². The third-order valence-electron chi connectivity index (χ3n) is 3.44. The Morgan fingerprint density at radius 1 is 1.39 bits per heavy atom. The highest BCUT2D eigenvalue weighted by atomic mass is 16.4. The van der Waals surface area contributed by atoms with Crippen molar-refractivity contribution >= 4 is 12.0 Å². The number of aliphatic carboxylic acids is 1. The Morgan fingerprint density at radius 2 is 2.11 bits per heavy atom. The summed E-state index contributed by atoms with van der Waals surface area (Å²) in [4.78, 5) is 23.9. The van der Waals surface area contributed by atoms with E-state index in [-0.39, 0.29) is 12.6 Å². The molecule has 6 heteroatoms. The van der Waals surface area contributed by atoms with Gasteiger partial charge in [-0.3, -0.25) is 0 Å². The van der Waals surface area contributed by atoms with E-state index in [0.29, 0.717) is 19.0 Å². The van der Waals surface area contributed by atoms with Crippen LogP contribution in [0.1, 0.15) is 32.6 Å². The number of aliphatic hydroxyl groups excluding tert-OH is 1. The first kappa shape index (κ1) is 14.8. The lowest BCUT2D eigenvalue weighted by atomic mass is 9.98. The van der Waals surface area contributed by atoms with Crippen LogP contribution in [0.3, 0.4) is 0 Å². The van der Waals surface area contributed by atoms with Gasteiger partial charge in [0.1, 0.15) is 0 Å². The summed E-state index contributed by atoms with van der Waals surface area (Å²) in [7, 11) is 0. The monoisotopic (exact) mass is 258 g/mol. The van der Waals surface area contributed by atoms with Crippen molar-refractivity contribution in [2.24, 2.45) is 5.92 Å². The van der Waals surface area contributed by atoms with Crippen LogP contribution in [0.4, 0.5) is 4.79 Å². The molecule has 1 fully saturated rings. The molecule has 1 rings (SSSR count). The van der Waals surface area contributed by atoms with Crippen LogP contribution in [0.5, 0.6) is 0 Å². The molecule has 0 saturated carbocycles. The maximum atomic E-state index is 11.8. The molecule has 1 unspecified atom stereocenters. The molecule has 18 heavy (non-hydrogen) atoms. The smallest absolute Gasteiger partial charge is 0.334 e. The molecule has 1 heterocycles. The van der Waals surface area contributed by atoms with Crippen molar-refractivity contribution in [3.63, 3.8) is 0 Å². The van der Waals surface area contributed by atoms with E-state index in [1.165, 1.54) is 0 Å². The van der Waals surface area contributed by atoms with Crippen LogP contribution in [-0.4, -0.2) is 52.9 Å². The van der Waals surface area contributed by atoms with E-state index in [0.717, 1.165) is 25.7 Å². The van der Waals surface area contributed by atoms with Crippen molar-refractivity contribution < 1.29 is 19.8 Å². The zero-order valence-electron chi connectivity index (χ0n) is 10.8. The van der Waals surface area contributed by atoms with Crippen molar-refractivity contribution in [1.29, 1.82) is 0 Å². The van der Waals surface area contributed by atoms with Crippen LogP contribution in [0.25, 0.3) is 0 Å². The summed E-state index contributed by atoms with van der Waals surface area (Å²) in [5.74, 6) is -0.648. The Hall–Kier alpha value is -1.30. The number of carbonyl (C=O) groups is 2. The van der Waals surface area contributed by atoms with E-state index in [2.05, 4.69) is 12.2 Å². The van der Waals surface area contributed by atoms with Crippen molar-refractivity contribution in [1.82, 2.24) is 10.2 Å². The largest absolute Gasteiger partial charge is 0.479 e. The average molecular weight is 258 g/mol. The molecule has 0 aliphatic carbocycles. The zero-order valence-corrected chi connectivity index (χ0v) is 10.8. The number of nitrogens with one attached hydrogen (secondary N) is 1. The lowest BCUT2D eigenvalue weighted by Crippen LogP contribution is -2.44. The molecule has 0 aromatic rings. The van der Waals surface area contributed by atoms with E-state index in [4.69, 9.17) is 10.2 Å². The standard InChI is InChI=1S/C12H22N2O4/c1-2-9-4-3-6-14(7-5-9)12(18)13-8-10(15)11(16)17/h9-10,15H,2-8H2,1H3,(H,13,18)(H,16,17)/t9?,10-/m0/s1. The fourth-order valence-corrected chi connectivity index (χ4v) is 2.16. The minimum absolute atomic E-state index is 0.248. The van der Waals surface area contributed by atoms with Crippen LogP contribution in [0, 0.1) is 5.92 Å². The number of carbonyl (C=O) groups excluding carboxylic acids is 1. The van der Waals surface area contributed by atoms with Crippen molar-refractivity contribution in [3.8, 4) is 0 Å². The van der Waals surface area contributed by atoms with Gasteiger partial charge in [0.25, 0.3) is 0 Å². The Labute approximate surface area is 107 Å². The SMILES string of the molecule is CCC1CCCN(C(=O)NC[C@H](O)C(=O)O)CC1. The van der Waals surface area contributed by atoms with Gasteiger partial charge in [0.2, 0.25) is 0 Å². The van der Waals surface area contributed by atoms with E-state index in [9.17, 15) is 9.59 Å². The maximum absolute atomic E-state index is 11.8. The minimum atomic E-state index is -1.54. The number of likely N-dealkylation sites (tertiary alicyclic amines) is 1. The minimum Gasteiger partial charge on any atom is -0.479 e. The Morgan fingerprint density at radius 3 is 2.72 bits per heavy atom. The molecule has 0 aromatic heterocycles. The average Bonchev–Trinajstić information content (AvgIpc) is 2.60. The van der Waals surface area contributed by atoms with E-state index >= 15 is 0 Å². The molecule has 0 aromatic carbocycles. The number of hydrogen-bond donors (Lipinski definition) is 3. The number of hydrogen-bond acceptors (Lipinski definition) is 3. The number of carboxylic acids is 1. The molecule has 2 atom stereocenters. The summed E-state index contributed by atoms with van der Waals surface area (Å²) in [5.41, 5.74) is 0. The normalized spacial score (nSPS) is 22.1. The number of amides is 2. The van der Waals surface area contributed by atoms with Crippen LogP contribution >= 0.6 is 0 Å². The van der Waals surface area contributed by atoms with Crippen LogP contribution in [-0.2, 0) is 4.79 Å². The molecular formula is C12H22N2O4. The predicted octanol–water partition coefficient (Wildman–Crippen LogP) is 0.654. The molecule has 6 nitrogen and oxygen atoms in total. The quantitative estimate of drug-likeness (QED) is 0.690. The number of aliphatic hydroxyl groups is 1.